The van der Waals surface area contributed by atoms with Crippen LogP contribution < -0.4 is 5.32 Å². The summed E-state index contributed by atoms with van der Waals surface area (Å²) in [6.45, 7) is 4.05. The summed E-state index contributed by atoms with van der Waals surface area (Å²) in [4.78, 5) is 17.1. The molecular formula is C21H18BrCl2N3O2. The Bertz CT molecular complexity index is 1100. The van der Waals surface area contributed by atoms with Gasteiger partial charge in [0, 0.05) is 27.9 Å². The predicted octanol–water partition coefficient (Wildman–Crippen LogP) is 6.33. The predicted molar refractivity (Wildman–Crippen MR) is 119 cm³/mol. The van der Waals surface area contributed by atoms with Crippen molar-refractivity contribution in [1.29, 1.82) is 0 Å². The zero-order valence-electron chi connectivity index (χ0n) is 15.8. The van der Waals surface area contributed by atoms with Crippen LogP contribution in [-0.4, -0.2) is 22.1 Å². The van der Waals surface area contributed by atoms with Crippen molar-refractivity contribution in [3.05, 3.63) is 73.7 Å². The maximum atomic E-state index is 12.7. The van der Waals surface area contributed by atoms with Crippen LogP contribution in [-0.2, 0) is 4.74 Å². The lowest BCUT2D eigenvalue weighted by atomic mass is 9.85. The van der Waals surface area contributed by atoms with E-state index in [0.29, 0.717) is 21.9 Å². The molecule has 0 bridgehead atoms. The van der Waals surface area contributed by atoms with Crippen molar-refractivity contribution in [2.75, 3.05) is 11.9 Å². The molecule has 0 spiro atoms. The van der Waals surface area contributed by atoms with Gasteiger partial charge >= 0.3 is 5.97 Å². The van der Waals surface area contributed by atoms with Crippen LogP contribution in [0.4, 0.5) is 5.69 Å². The highest BCUT2D eigenvalue weighted by Gasteiger charge is 2.37. The van der Waals surface area contributed by atoms with Gasteiger partial charge in [0.1, 0.15) is 0 Å². The number of imidazole rings is 1. The highest BCUT2D eigenvalue weighted by molar-refractivity contribution is 9.10. The van der Waals surface area contributed by atoms with Crippen LogP contribution in [0.5, 0.6) is 0 Å². The molecule has 150 valence electrons. The fourth-order valence-corrected chi connectivity index (χ4v) is 4.75. The number of hydrogen-bond donors (Lipinski definition) is 1. The summed E-state index contributed by atoms with van der Waals surface area (Å²) in [5, 5.41) is 4.90. The number of rotatable bonds is 4. The first kappa shape index (κ1) is 20.3. The van der Waals surface area contributed by atoms with Gasteiger partial charge in [-0.2, -0.15) is 0 Å². The van der Waals surface area contributed by atoms with Crippen molar-refractivity contribution in [3.8, 4) is 0 Å². The first-order valence-electron chi connectivity index (χ1n) is 9.14. The van der Waals surface area contributed by atoms with E-state index in [1.807, 2.05) is 47.9 Å². The van der Waals surface area contributed by atoms with Gasteiger partial charge in [-0.05, 0) is 65.2 Å². The Morgan fingerprint density at radius 1 is 1.38 bits per heavy atom. The van der Waals surface area contributed by atoms with Gasteiger partial charge in [-0.25, -0.2) is 9.78 Å². The van der Waals surface area contributed by atoms with Crippen LogP contribution >= 0.6 is 39.1 Å². The highest BCUT2D eigenvalue weighted by Crippen LogP contribution is 2.46. The molecule has 2 heterocycles. The third kappa shape index (κ3) is 3.65. The summed E-state index contributed by atoms with van der Waals surface area (Å²) in [6, 6.07) is 7.14. The molecule has 1 N–H and O–H groups in total. The SMILES string of the molecule is CCOC(=O)c1nc(Br)n2c1C(Nc1cccc(Cl)c1)C1=CC=C(Cl)CC1=C2C. The van der Waals surface area contributed by atoms with Crippen molar-refractivity contribution in [2.24, 2.45) is 0 Å². The summed E-state index contributed by atoms with van der Waals surface area (Å²) in [5.74, 6) is -0.457. The number of aromatic nitrogens is 2. The van der Waals surface area contributed by atoms with E-state index in [1.165, 1.54) is 0 Å². The van der Waals surface area contributed by atoms with Crippen LogP contribution in [0.1, 0.15) is 42.5 Å². The molecule has 2 aliphatic rings. The topological polar surface area (TPSA) is 56.1 Å². The third-order valence-electron chi connectivity index (χ3n) is 4.97. The van der Waals surface area contributed by atoms with Crippen molar-refractivity contribution < 1.29 is 9.53 Å². The summed E-state index contributed by atoms with van der Waals surface area (Å²) < 4.78 is 7.75. The van der Waals surface area contributed by atoms with Crippen molar-refractivity contribution >= 4 is 56.5 Å². The molecule has 8 heteroatoms. The smallest absolute Gasteiger partial charge is 0.358 e. The third-order valence-corrected chi connectivity index (χ3v) is 6.00. The monoisotopic (exact) mass is 493 g/mol. The second-order valence-electron chi connectivity index (χ2n) is 6.73. The van der Waals surface area contributed by atoms with E-state index in [1.54, 1.807) is 6.92 Å². The number of benzene rings is 1. The first-order chi connectivity index (χ1) is 13.9. The maximum absolute atomic E-state index is 12.7. The number of fused-ring (bicyclic) bond motifs is 2. The number of carbonyl (C=O) groups excluding carboxylic acids is 1. The molecule has 5 nitrogen and oxygen atoms in total. The van der Waals surface area contributed by atoms with Crippen LogP contribution in [0.2, 0.25) is 5.02 Å². The molecule has 0 fully saturated rings. The summed E-state index contributed by atoms with van der Waals surface area (Å²) in [5.41, 5.74) is 4.93. The van der Waals surface area contributed by atoms with Crippen LogP contribution in [0.15, 0.2) is 57.3 Å². The minimum absolute atomic E-state index is 0.274. The van der Waals surface area contributed by atoms with Gasteiger partial charge in [0.25, 0.3) is 0 Å². The molecule has 1 unspecified atom stereocenters. The number of anilines is 1. The lowest BCUT2D eigenvalue weighted by Gasteiger charge is -2.34. The van der Waals surface area contributed by atoms with Crippen LogP contribution in [0.3, 0.4) is 0 Å². The number of carbonyl (C=O) groups is 1. The molecule has 4 rings (SSSR count). The van der Waals surface area contributed by atoms with Gasteiger partial charge in [-0.3, -0.25) is 4.57 Å². The number of hydrogen-bond acceptors (Lipinski definition) is 4. The molecular weight excluding hydrogens is 477 g/mol. The molecule has 2 aromatic rings. The van der Waals surface area contributed by atoms with E-state index in [2.05, 4.69) is 26.2 Å². The highest BCUT2D eigenvalue weighted by atomic mass is 79.9. The standard InChI is InChI=1S/C21H18BrCl2N3O2/c1-3-29-20(28)18-19-17(25-14-6-4-5-12(23)9-14)15-8-7-13(24)10-16(15)11(2)27(19)21(22)26-18/h4-9,17,25H,3,10H2,1-2H3. The largest absolute Gasteiger partial charge is 0.461 e. The molecule has 1 aromatic heterocycles. The van der Waals surface area contributed by atoms with Crippen molar-refractivity contribution in [1.82, 2.24) is 9.55 Å². The zero-order valence-corrected chi connectivity index (χ0v) is 18.9. The second kappa shape index (κ2) is 8.01. The molecule has 0 amide bonds. The lowest BCUT2D eigenvalue weighted by Crippen LogP contribution is -2.27. The van der Waals surface area contributed by atoms with Gasteiger partial charge in [0.15, 0.2) is 10.4 Å². The van der Waals surface area contributed by atoms with Crippen LogP contribution in [0.25, 0.3) is 5.70 Å². The number of ether oxygens (including phenoxy) is 1. The van der Waals surface area contributed by atoms with Gasteiger partial charge in [0.2, 0.25) is 0 Å². The Labute approximate surface area is 187 Å². The number of nitrogens with zero attached hydrogens (tertiary/aromatic N) is 2. The Hall–Kier alpha value is -2.02. The molecule has 1 aliphatic heterocycles. The lowest BCUT2D eigenvalue weighted by molar-refractivity contribution is 0.0518. The molecule has 0 radical (unpaired) electrons. The summed E-state index contributed by atoms with van der Waals surface area (Å²) in [7, 11) is 0. The fraction of sp³-hybridized carbons (Fsp3) is 0.238. The van der Waals surface area contributed by atoms with Crippen LogP contribution in [0, 0.1) is 0 Å². The van der Waals surface area contributed by atoms with Gasteiger partial charge in [-0.15, -0.1) is 0 Å². The van der Waals surface area contributed by atoms with E-state index in [0.717, 1.165) is 27.6 Å². The van der Waals surface area contributed by atoms with E-state index >= 15 is 0 Å². The fourth-order valence-electron chi connectivity index (χ4n) is 3.73. The zero-order chi connectivity index (χ0) is 20.7. The average molecular weight is 495 g/mol. The number of allylic oxidation sites excluding steroid dienone is 4. The maximum Gasteiger partial charge on any atom is 0.358 e. The first-order valence-corrected chi connectivity index (χ1v) is 10.7. The molecule has 1 aromatic carbocycles. The minimum atomic E-state index is -0.457. The van der Waals surface area contributed by atoms with Gasteiger partial charge < -0.3 is 10.1 Å². The van der Waals surface area contributed by atoms with E-state index in [-0.39, 0.29) is 18.3 Å². The molecule has 1 aliphatic carbocycles. The van der Waals surface area contributed by atoms with Crippen molar-refractivity contribution in [2.45, 2.75) is 26.3 Å². The Kier molecular flexibility index (Phi) is 5.60. The molecule has 29 heavy (non-hydrogen) atoms. The Morgan fingerprint density at radius 2 is 2.17 bits per heavy atom. The number of nitrogens with one attached hydrogen (secondary N) is 1. The van der Waals surface area contributed by atoms with E-state index in [4.69, 9.17) is 27.9 Å². The Morgan fingerprint density at radius 3 is 2.90 bits per heavy atom. The summed E-state index contributed by atoms with van der Waals surface area (Å²) in [6.07, 6.45) is 4.50. The van der Waals surface area contributed by atoms with E-state index < -0.39 is 5.97 Å². The van der Waals surface area contributed by atoms with Gasteiger partial charge in [0.05, 0.1) is 18.3 Å². The normalized spacial score (nSPS) is 17.9. The molecule has 0 saturated carbocycles. The number of esters is 1. The number of halogens is 3. The second-order valence-corrected chi connectivity index (χ2v) is 8.37. The average Bonchev–Trinajstić information content (AvgIpc) is 3.03. The van der Waals surface area contributed by atoms with Crippen molar-refractivity contribution in [3.63, 3.8) is 0 Å². The van der Waals surface area contributed by atoms with E-state index in [9.17, 15) is 4.79 Å². The molecule has 0 saturated heterocycles. The Balaban J connectivity index is 1.92. The van der Waals surface area contributed by atoms with Gasteiger partial charge in [-0.1, -0.05) is 35.3 Å². The minimum Gasteiger partial charge on any atom is -0.461 e. The summed E-state index contributed by atoms with van der Waals surface area (Å²) >= 11 is 16.0. The quantitative estimate of drug-likeness (QED) is 0.505. The molecule has 1 atom stereocenters.